The number of benzene rings is 2. The monoisotopic (exact) mass is 458 g/mol. The topological polar surface area (TPSA) is 45.6 Å². The van der Waals surface area contributed by atoms with Crippen molar-refractivity contribution in [1.82, 2.24) is 9.88 Å². The van der Waals surface area contributed by atoms with Crippen molar-refractivity contribution in [3.05, 3.63) is 89.2 Å². The quantitative estimate of drug-likeness (QED) is 0.489. The molecule has 1 aliphatic rings. The standard InChI is InChI=1S/C28H27ClN2O2/c1-2-22-18-21(6-14-28(22)33-17-16-31-15-3-4-27(31)20-32)5-12-26-13-9-24(19-30-26)23-7-10-25(29)11-8-23/h2,6-11,13-14,18-19,27,32H,1,3-4,15-17,20H2. The summed E-state index contributed by atoms with van der Waals surface area (Å²) < 4.78 is 6.00. The number of aliphatic hydroxyl groups is 1. The first-order chi connectivity index (χ1) is 16.2. The predicted octanol–water partition coefficient (Wildman–Crippen LogP) is 5.28. The zero-order chi connectivity index (χ0) is 23.0. The van der Waals surface area contributed by atoms with E-state index >= 15 is 0 Å². The number of hydrogen-bond donors (Lipinski definition) is 1. The van der Waals surface area contributed by atoms with E-state index in [1.54, 1.807) is 6.08 Å². The minimum atomic E-state index is 0.212. The zero-order valence-corrected chi connectivity index (χ0v) is 19.3. The summed E-state index contributed by atoms with van der Waals surface area (Å²) in [7, 11) is 0. The minimum Gasteiger partial charge on any atom is -0.492 e. The molecule has 4 nitrogen and oxygen atoms in total. The Kier molecular flexibility index (Phi) is 7.80. The number of pyridine rings is 1. The van der Waals surface area contributed by atoms with Crippen LogP contribution in [-0.4, -0.2) is 47.3 Å². The summed E-state index contributed by atoms with van der Waals surface area (Å²) in [6.07, 6.45) is 5.79. The largest absolute Gasteiger partial charge is 0.492 e. The second-order valence-corrected chi connectivity index (χ2v) is 8.45. The third-order valence-electron chi connectivity index (χ3n) is 5.85. The van der Waals surface area contributed by atoms with Crippen LogP contribution in [0.1, 0.15) is 29.7 Å². The number of rotatable bonds is 7. The van der Waals surface area contributed by atoms with Gasteiger partial charge >= 0.3 is 0 Å². The van der Waals surface area contributed by atoms with Crippen LogP contribution in [0.5, 0.6) is 5.75 Å². The third-order valence-corrected chi connectivity index (χ3v) is 6.10. The molecule has 168 valence electrons. The summed E-state index contributed by atoms with van der Waals surface area (Å²) in [5.41, 5.74) is 4.58. The Balaban J connectivity index is 1.39. The fraction of sp³-hybridized carbons (Fsp3) is 0.250. The molecule has 5 heteroatoms. The van der Waals surface area contributed by atoms with Gasteiger partial charge in [-0.25, -0.2) is 4.98 Å². The highest BCUT2D eigenvalue weighted by Gasteiger charge is 2.23. The number of hydrogen-bond acceptors (Lipinski definition) is 4. The molecule has 1 aromatic heterocycles. The average Bonchev–Trinajstić information content (AvgIpc) is 3.31. The van der Waals surface area contributed by atoms with Gasteiger partial charge in [0.05, 0.1) is 6.61 Å². The Hall–Kier alpha value is -3.10. The Labute approximate surface area is 200 Å². The highest BCUT2D eigenvalue weighted by Crippen LogP contribution is 2.23. The van der Waals surface area contributed by atoms with Gasteiger partial charge in [-0.15, -0.1) is 0 Å². The smallest absolute Gasteiger partial charge is 0.126 e. The van der Waals surface area contributed by atoms with Crippen molar-refractivity contribution >= 4 is 17.7 Å². The Morgan fingerprint density at radius 1 is 1.12 bits per heavy atom. The summed E-state index contributed by atoms with van der Waals surface area (Å²) in [6, 6.07) is 17.7. The van der Waals surface area contributed by atoms with Gasteiger partial charge in [0.25, 0.3) is 0 Å². The molecular formula is C28H27ClN2O2. The van der Waals surface area contributed by atoms with E-state index < -0.39 is 0 Å². The lowest BCUT2D eigenvalue weighted by Gasteiger charge is -2.22. The summed E-state index contributed by atoms with van der Waals surface area (Å²) in [4.78, 5) is 6.76. The molecule has 1 saturated heterocycles. The van der Waals surface area contributed by atoms with Crippen molar-refractivity contribution in [3.63, 3.8) is 0 Å². The molecule has 0 saturated carbocycles. The van der Waals surface area contributed by atoms with Gasteiger partial charge in [-0.1, -0.05) is 48.4 Å². The average molecular weight is 459 g/mol. The number of aliphatic hydroxyl groups excluding tert-OH is 1. The van der Waals surface area contributed by atoms with Gasteiger partial charge in [-0.05, 0) is 67.3 Å². The maximum atomic E-state index is 9.46. The molecule has 1 fully saturated rings. The Bertz CT molecular complexity index is 1150. The van der Waals surface area contributed by atoms with Crippen molar-refractivity contribution in [2.24, 2.45) is 0 Å². The van der Waals surface area contributed by atoms with Crippen LogP contribution in [0.2, 0.25) is 5.02 Å². The van der Waals surface area contributed by atoms with E-state index in [0.717, 1.165) is 53.9 Å². The van der Waals surface area contributed by atoms with Gasteiger partial charge in [-0.3, -0.25) is 4.90 Å². The Morgan fingerprint density at radius 3 is 2.67 bits per heavy atom. The van der Waals surface area contributed by atoms with E-state index in [1.165, 1.54) is 0 Å². The van der Waals surface area contributed by atoms with Crippen molar-refractivity contribution in [2.45, 2.75) is 18.9 Å². The molecule has 2 heterocycles. The number of aromatic nitrogens is 1. The number of likely N-dealkylation sites (tertiary alicyclic amines) is 1. The maximum Gasteiger partial charge on any atom is 0.126 e. The first kappa shape index (κ1) is 23.1. The molecular weight excluding hydrogens is 432 g/mol. The predicted molar refractivity (Wildman–Crippen MR) is 134 cm³/mol. The van der Waals surface area contributed by atoms with Gasteiger partial charge in [0.1, 0.15) is 18.1 Å². The molecule has 4 rings (SSSR count). The molecule has 0 amide bonds. The zero-order valence-electron chi connectivity index (χ0n) is 18.5. The summed E-state index contributed by atoms with van der Waals surface area (Å²) in [5, 5.41) is 10.2. The lowest BCUT2D eigenvalue weighted by Crippen LogP contribution is -2.35. The lowest BCUT2D eigenvalue weighted by molar-refractivity contribution is 0.139. The fourth-order valence-corrected chi connectivity index (χ4v) is 4.13. The normalized spacial score (nSPS) is 15.6. The van der Waals surface area contributed by atoms with Crippen LogP contribution >= 0.6 is 11.6 Å². The summed E-state index contributed by atoms with van der Waals surface area (Å²) in [6.45, 7) is 6.53. The van der Waals surface area contributed by atoms with Gasteiger partial charge in [0.15, 0.2) is 0 Å². The van der Waals surface area contributed by atoms with E-state index in [2.05, 4.69) is 28.3 Å². The second kappa shape index (κ2) is 11.2. The maximum absolute atomic E-state index is 9.46. The van der Waals surface area contributed by atoms with E-state index in [9.17, 15) is 5.11 Å². The summed E-state index contributed by atoms with van der Waals surface area (Å²) >= 11 is 5.96. The molecule has 1 atom stereocenters. The van der Waals surface area contributed by atoms with E-state index in [1.807, 2.05) is 60.8 Å². The third kappa shape index (κ3) is 6.03. The SMILES string of the molecule is C=Cc1cc(C#Cc2ccc(-c3ccc(Cl)cc3)cn2)ccc1OCCN1CCCC1CO. The molecule has 0 radical (unpaired) electrons. The molecule has 2 aromatic carbocycles. The Morgan fingerprint density at radius 2 is 1.94 bits per heavy atom. The van der Waals surface area contributed by atoms with Crippen molar-refractivity contribution in [2.75, 3.05) is 26.3 Å². The first-order valence-electron chi connectivity index (χ1n) is 11.1. The first-order valence-corrected chi connectivity index (χ1v) is 11.5. The van der Waals surface area contributed by atoms with E-state index in [0.29, 0.717) is 17.3 Å². The van der Waals surface area contributed by atoms with Crippen molar-refractivity contribution in [3.8, 4) is 28.7 Å². The molecule has 0 aliphatic carbocycles. The summed E-state index contributed by atoms with van der Waals surface area (Å²) in [5.74, 6) is 7.09. The fourth-order valence-electron chi connectivity index (χ4n) is 4.00. The number of ether oxygens (including phenoxy) is 1. The van der Waals surface area contributed by atoms with Crippen molar-refractivity contribution in [1.29, 1.82) is 0 Å². The van der Waals surface area contributed by atoms with Crippen LogP contribution in [0.3, 0.4) is 0 Å². The van der Waals surface area contributed by atoms with Gasteiger partial charge in [0, 0.05) is 40.5 Å². The molecule has 0 spiro atoms. The number of nitrogens with zero attached hydrogens (tertiary/aromatic N) is 2. The van der Waals surface area contributed by atoms with E-state index in [4.69, 9.17) is 16.3 Å². The van der Waals surface area contributed by atoms with Gasteiger partial charge in [0.2, 0.25) is 0 Å². The molecule has 1 unspecified atom stereocenters. The highest BCUT2D eigenvalue weighted by molar-refractivity contribution is 6.30. The second-order valence-electron chi connectivity index (χ2n) is 8.01. The minimum absolute atomic E-state index is 0.212. The van der Waals surface area contributed by atoms with Crippen LogP contribution in [-0.2, 0) is 0 Å². The molecule has 3 aromatic rings. The van der Waals surface area contributed by atoms with Crippen molar-refractivity contribution < 1.29 is 9.84 Å². The molecule has 1 N–H and O–H groups in total. The van der Waals surface area contributed by atoms with Crippen LogP contribution in [0.25, 0.3) is 17.2 Å². The van der Waals surface area contributed by atoms with Gasteiger partial charge < -0.3 is 9.84 Å². The van der Waals surface area contributed by atoms with E-state index in [-0.39, 0.29) is 12.6 Å². The van der Waals surface area contributed by atoms with Crippen LogP contribution in [0.4, 0.5) is 0 Å². The molecule has 0 bridgehead atoms. The van der Waals surface area contributed by atoms with Crippen LogP contribution in [0, 0.1) is 11.8 Å². The van der Waals surface area contributed by atoms with Crippen LogP contribution < -0.4 is 4.74 Å². The van der Waals surface area contributed by atoms with Gasteiger partial charge in [-0.2, -0.15) is 0 Å². The van der Waals surface area contributed by atoms with Crippen LogP contribution in [0.15, 0.2) is 67.4 Å². The lowest BCUT2D eigenvalue weighted by atomic mass is 10.1. The molecule has 1 aliphatic heterocycles. The number of halogens is 1. The highest BCUT2D eigenvalue weighted by atomic mass is 35.5. The molecule has 33 heavy (non-hydrogen) atoms.